The van der Waals surface area contributed by atoms with Gasteiger partial charge in [0, 0.05) is 17.0 Å². The Morgan fingerprint density at radius 1 is 1.04 bits per heavy atom. The lowest BCUT2D eigenvalue weighted by atomic mass is 9.85. The van der Waals surface area contributed by atoms with Crippen molar-refractivity contribution in [1.29, 1.82) is 0 Å². The number of halogens is 1. The minimum Gasteiger partial charge on any atom is -0.369 e. The molecule has 0 atom stereocenters. The Balaban J connectivity index is 0.000000182. The van der Waals surface area contributed by atoms with Crippen LogP contribution in [0, 0.1) is 11.2 Å². The number of fused-ring (bicyclic) bond motifs is 1. The van der Waals surface area contributed by atoms with E-state index in [-0.39, 0.29) is 11.7 Å². The van der Waals surface area contributed by atoms with Crippen LogP contribution in [0.1, 0.15) is 19.4 Å². The molecule has 0 unspecified atom stereocenters. The SMILES string of the molecule is CC(C)(Cc1ccc(F)cc1)C(N)=O.c1ccc2ncccc2c1. The summed E-state index contributed by atoms with van der Waals surface area (Å²) in [5.41, 5.74) is 6.62. The zero-order valence-corrected chi connectivity index (χ0v) is 13.9. The van der Waals surface area contributed by atoms with Crippen LogP contribution >= 0.6 is 0 Å². The van der Waals surface area contributed by atoms with E-state index in [1.807, 2.05) is 30.5 Å². The van der Waals surface area contributed by atoms with Crippen LogP contribution < -0.4 is 5.73 Å². The monoisotopic (exact) mass is 324 g/mol. The number of aromatic nitrogens is 1. The van der Waals surface area contributed by atoms with E-state index in [9.17, 15) is 9.18 Å². The Bertz CT molecular complexity index is 748. The number of pyridine rings is 1. The third-order valence-electron chi connectivity index (χ3n) is 3.74. The molecule has 0 fully saturated rings. The Morgan fingerprint density at radius 3 is 2.29 bits per heavy atom. The number of carbonyl (C=O) groups excluding carboxylic acids is 1. The molecule has 0 saturated heterocycles. The molecule has 0 aliphatic carbocycles. The van der Waals surface area contributed by atoms with Crippen LogP contribution in [-0.4, -0.2) is 10.9 Å². The fraction of sp³-hybridized carbons (Fsp3) is 0.200. The van der Waals surface area contributed by atoms with Gasteiger partial charge in [-0.25, -0.2) is 4.39 Å². The predicted octanol–water partition coefficient (Wildman–Crippen LogP) is 4.11. The first kappa shape index (κ1) is 17.6. The summed E-state index contributed by atoms with van der Waals surface area (Å²) in [6.07, 6.45) is 2.34. The van der Waals surface area contributed by atoms with Crippen molar-refractivity contribution in [3.63, 3.8) is 0 Å². The van der Waals surface area contributed by atoms with E-state index >= 15 is 0 Å². The van der Waals surface area contributed by atoms with Crippen molar-refractivity contribution >= 4 is 16.8 Å². The molecule has 1 heterocycles. The number of primary amides is 1. The molecule has 0 bridgehead atoms. The number of amides is 1. The summed E-state index contributed by atoms with van der Waals surface area (Å²) < 4.78 is 12.6. The molecule has 3 rings (SSSR count). The van der Waals surface area contributed by atoms with Gasteiger partial charge in [-0.1, -0.05) is 50.2 Å². The van der Waals surface area contributed by atoms with Crippen LogP contribution in [0.2, 0.25) is 0 Å². The molecule has 0 radical (unpaired) electrons. The summed E-state index contributed by atoms with van der Waals surface area (Å²) >= 11 is 0. The second-order valence-corrected chi connectivity index (χ2v) is 6.25. The van der Waals surface area contributed by atoms with Crippen molar-refractivity contribution in [3.05, 3.63) is 78.2 Å². The largest absolute Gasteiger partial charge is 0.369 e. The number of nitrogens with two attached hydrogens (primary N) is 1. The van der Waals surface area contributed by atoms with E-state index in [1.165, 1.54) is 17.5 Å². The topological polar surface area (TPSA) is 56.0 Å². The molecule has 1 aromatic heterocycles. The van der Waals surface area contributed by atoms with E-state index in [2.05, 4.69) is 17.1 Å². The van der Waals surface area contributed by atoms with Crippen molar-refractivity contribution in [2.75, 3.05) is 0 Å². The maximum atomic E-state index is 12.6. The van der Waals surface area contributed by atoms with Gasteiger partial charge in [0.05, 0.1) is 5.52 Å². The standard InChI is InChI=1S/C11H14FNO.C9H7N/c1-11(2,10(13)14)7-8-3-5-9(12)6-4-8;1-2-6-9-8(4-1)5-3-7-10-9/h3-6H,7H2,1-2H3,(H2,13,14);1-7H. The van der Waals surface area contributed by atoms with Crippen molar-refractivity contribution < 1.29 is 9.18 Å². The highest BCUT2D eigenvalue weighted by atomic mass is 19.1. The Labute approximate surface area is 141 Å². The van der Waals surface area contributed by atoms with E-state index in [4.69, 9.17) is 5.73 Å². The summed E-state index contributed by atoms with van der Waals surface area (Å²) in [4.78, 5) is 15.2. The van der Waals surface area contributed by atoms with Gasteiger partial charge in [-0.15, -0.1) is 0 Å². The van der Waals surface area contributed by atoms with Gasteiger partial charge < -0.3 is 5.73 Å². The number of para-hydroxylation sites is 1. The molecule has 4 heteroatoms. The van der Waals surface area contributed by atoms with Gasteiger partial charge in [0.2, 0.25) is 5.91 Å². The quantitative estimate of drug-likeness (QED) is 0.788. The second-order valence-electron chi connectivity index (χ2n) is 6.25. The first-order chi connectivity index (χ1) is 11.4. The third kappa shape index (κ3) is 4.88. The molecule has 3 nitrogen and oxygen atoms in total. The van der Waals surface area contributed by atoms with Crippen molar-refractivity contribution in [3.8, 4) is 0 Å². The van der Waals surface area contributed by atoms with Gasteiger partial charge in [0.1, 0.15) is 5.82 Å². The van der Waals surface area contributed by atoms with E-state index in [1.54, 1.807) is 26.0 Å². The minimum atomic E-state index is -0.585. The first-order valence-electron chi connectivity index (χ1n) is 7.72. The van der Waals surface area contributed by atoms with E-state index in [0.717, 1.165) is 11.1 Å². The van der Waals surface area contributed by atoms with Gasteiger partial charge in [0.15, 0.2) is 0 Å². The highest BCUT2D eigenvalue weighted by molar-refractivity contribution is 5.80. The molecular formula is C20H21FN2O. The van der Waals surface area contributed by atoms with Gasteiger partial charge in [-0.2, -0.15) is 0 Å². The Morgan fingerprint density at radius 2 is 1.67 bits per heavy atom. The van der Waals surface area contributed by atoms with Crippen LogP contribution in [0.25, 0.3) is 10.9 Å². The summed E-state index contributed by atoms with van der Waals surface area (Å²) in [5, 5.41) is 1.20. The van der Waals surface area contributed by atoms with E-state index < -0.39 is 5.41 Å². The average molecular weight is 324 g/mol. The molecule has 0 aliphatic rings. The number of hydrogen-bond donors (Lipinski definition) is 1. The Hall–Kier alpha value is -2.75. The van der Waals surface area contributed by atoms with Crippen LogP contribution in [0.15, 0.2) is 66.9 Å². The highest BCUT2D eigenvalue weighted by Gasteiger charge is 2.24. The fourth-order valence-electron chi connectivity index (χ4n) is 2.22. The number of carbonyl (C=O) groups is 1. The van der Waals surface area contributed by atoms with Crippen molar-refractivity contribution in [1.82, 2.24) is 4.98 Å². The summed E-state index contributed by atoms with van der Waals surface area (Å²) in [6, 6.07) is 18.2. The fourth-order valence-corrected chi connectivity index (χ4v) is 2.22. The maximum absolute atomic E-state index is 12.6. The zero-order chi connectivity index (χ0) is 17.6. The second kappa shape index (κ2) is 7.68. The van der Waals surface area contributed by atoms with Gasteiger partial charge in [0.25, 0.3) is 0 Å². The zero-order valence-electron chi connectivity index (χ0n) is 13.9. The predicted molar refractivity (Wildman–Crippen MR) is 94.8 cm³/mol. The smallest absolute Gasteiger partial charge is 0.223 e. The lowest BCUT2D eigenvalue weighted by Crippen LogP contribution is -2.33. The van der Waals surface area contributed by atoms with Crippen LogP contribution in [-0.2, 0) is 11.2 Å². The molecule has 2 aromatic carbocycles. The highest BCUT2D eigenvalue weighted by Crippen LogP contribution is 2.21. The first-order valence-corrected chi connectivity index (χ1v) is 7.72. The molecule has 0 saturated carbocycles. The van der Waals surface area contributed by atoms with Gasteiger partial charge in [-0.3, -0.25) is 9.78 Å². The van der Waals surface area contributed by atoms with Crippen LogP contribution in [0.5, 0.6) is 0 Å². The molecular weight excluding hydrogens is 303 g/mol. The summed E-state index contributed by atoms with van der Waals surface area (Å²) in [6.45, 7) is 3.55. The molecule has 0 aliphatic heterocycles. The van der Waals surface area contributed by atoms with Crippen LogP contribution in [0.3, 0.4) is 0 Å². The number of rotatable bonds is 3. The molecule has 24 heavy (non-hydrogen) atoms. The maximum Gasteiger partial charge on any atom is 0.223 e. The summed E-state index contributed by atoms with van der Waals surface area (Å²) in [5.74, 6) is -0.618. The van der Waals surface area contributed by atoms with Gasteiger partial charge >= 0.3 is 0 Å². The van der Waals surface area contributed by atoms with Crippen molar-refractivity contribution in [2.24, 2.45) is 11.1 Å². The normalized spacial score (nSPS) is 10.8. The average Bonchev–Trinajstić information content (AvgIpc) is 2.57. The van der Waals surface area contributed by atoms with Gasteiger partial charge in [-0.05, 0) is 36.2 Å². The lowest BCUT2D eigenvalue weighted by Gasteiger charge is -2.20. The van der Waals surface area contributed by atoms with Crippen molar-refractivity contribution in [2.45, 2.75) is 20.3 Å². The minimum absolute atomic E-state index is 0.273. The Kier molecular flexibility index (Phi) is 5.64. The molecule has 0 spiro atoms. The number of nitrogens with zero attached hydrogens (tertiary/aromatic N) is 1. The lowest BCUT2D eigenvalue weighted by molar-refractivity contribution is -0.125. The van der Waals surface area contributed by atoms with E-state index in [0.29, 0.717) is 6.42 Å². The summed E-state index contributed by atoms with van der Waals surface area (Å²) in [7, 11) is 0. The molecule has 3 aromatic rings. The van der Waals surface area contributed by atoms with Crippen LogP contribution in [0.4, 0.5) is 4.39 Å². The number of hydrogen-bond acceptors (Lipinski definition) is 2. The molecule has 2 N–H and O–H groups in total. The molecule has 124 valence electrons. The third-order valence-corrected chi connectivity index (χ3v) is 3.74. The molecule has 1 amide bonds. The number of benzene rings is 2.